The summed E-state index contributed by atoms with van der Waals surface area (Å²) in [5, 5.41) is 40.9. The Labute approximate surface area is 290 Å². The zero-order chi connectivity index (χ0) is 35.5. The van der Waals surface area contributed by atoms with Gasteiger partial charge in [-0.05, 0) is 19.3 Å². The molecule has 0 bridgehead atoms. The molecule has 2 aliphatic heterocycles. The number of aromatic nitrogens is 2. The molecule has 0 amide bonds. The number of ether oxygens (including phenoxy) is 2. The number of aliphatic hydroxyl groups is 4. The lowest BCUT2D eigenvalue weighted by Gasteiger charge is -2.24. The summed E-state index contributed by atoms with van der Waals surface area (Å²) in [6.07, 6.45) is 11.2. The summed E-state index contributed by atoms with van der Waals surface area (Å²) in [6.45, 7) is 4.42. The Morgan fingerprint density at radius 3 is 1.90 bits per heavy atom. The fraction of sp³-hybridized carbons (Fsp3) is 0.882. The Morgan fingerprint density at radius 1 is 0.796 bits per heavy atom. The monoisotopic (exact) mass is 719 g/mol. The van der Waals surface area contributed by atoms with Gasteiger partial charge in [-0.25, -0.2) is 9.36 Å². The Hall–Kier alpha value is -1.45. The number of hydrogen-bond acceptors (Lipinski definition) is 12. The van der Waals surface area contributed by atoms with Gasteiger partial charge in [0.15, 0.2) is 6.23 Å². The fourth-order valence-corrected chi connectivity index (χ4v) is 7.92. The minimum absolute atomic E-state index is 0.0208. The molecule has 2 aliphatic rings. The molecule has 15 heteroatoms. The van der Waals surface area contributed by atoms with Crippen LogP contribution < -0.4 is 11.2 Å². The second-order valence-electron chi connectivity index (χ2n) is 13.5. The minimum atomic E-state index is -3.73. The van der Waals surface area contributed by atoms with Crippen LogP contribution in [-0.2, 0) is 23.1 Å². The number of hydrogen-bond donors (Lipinski definition) is 5. The van der Waals surface area contributed by atoms with Crippen molar-refractivity contribution in [1.82, 2.24) is 14.5 Å². The van der Waals surface area contributed by atoms with Crippen molar-refractivity contribution in [2.24, 2.45) is 0 Å². The van der Waals surface area contributed by atoms with Crippen molar-refractivity contribution in [3.05, 3.63) is 33.1 Å². The predicted octanol–water partition coefficient (Wildman–Crippen LogP) is 3.31. The smallest absolute Gasteiger partial charge is 0.332 e. The van der Waals surface area contributed by atoms with E-state index in [1.165, 1.54) is 70.4 Å². The van der Waals surface area contributed by atoms with Gasteiger partial charge < -0.3 is 43.9 Å². The molecule has 284 valence electrons. The first kappa shape index (κ1) is 42.0. The van der Waals surface area contributed by atoms with Crippen molar-refractivity contribution in [3.8, 4) is 0 Å². The first-order valence-electron chi connectivity index (χ1n) is 18.5. The highest BCUT2D eigenvalue weighted by Gasteiger charge is 2.46. The lowest BCUT2D eigenvalue weighted by atomic mass is 10.0. The number of rotatable bonds is 27. The number of nitrogens with one attached hydrogen (secondary N) is 1. The zero-order valence-electron chi connectivity index (χ0n) is 29.4. The number of aliphatic hydroxyl groups excluding tert-OH is 4. The van der Waals surface area contributed by atoms with Crippen molar-refractivity contribution in [2.45, 2.75) is 140 Å². The molecule has 0 aromatic carbocycles. The number of nitrogens with zero attached hydrogens (tertiary/aromatic N) is 2. The quantitative estimate of drug-likeness (QED) is 0.0659. The number of β-amino-alcohol motifs (C(OH)–C–C–N with tert-alkyl or cyclic N) is 2. The highest BCUT2D eigenvalue weighted by Crippen LogP contribution is 2.49. The third-order valence-corrected chi connectivity index (χ3v) is 11.1. The van der Waals surface area contributed by atoms with Crippen molar-refractivity contribution >= 4 is 7.60 Å². The normalized spacial score (nSPS) is 25.7. The third-order valence-electron chi connectivity index (χ3n) is 9.26. The van der Waals surface area contributed by atoms with E-state index in [1.807, 2.05) is 0 Å². The molecule has 0 saturated carbocycles. The van der Waals surface area contributed by atoms with Crippen molar-refractivity contribution < 1.29 is 43.5 Å². The Morgan fingerprint density at radius 2 is 1.35 bits per heavy atom. The van der Waals surface area contributed by atoms with E-state index in [0.29, 0.717) is 11.0 Å². The first-order chi connectivity index (χ1) is 23.6. The van der Waals surface area contributed by atoms with Crippen LogP contribution in [0.2, 0.25) is 0 Å². The highest BCUT2D eigenvalue weighted by atomic mass is 31.2. The van der Waals surface area contributed by atoms with Crippen LogP contribution in [-0.4, -0.2) is 118 Å². The Balaban J connectivity index is 1.33. The van der Waals surface area contributed by atoms with Crippen LogP contribution in [0.15, 0.2) is 21.9 Å². The van der Waals surface area contributed by atoms with E-state index < -0.39 is 62.2 Å². The molecule has 5 N–H and O–H groups in total. The van der Waals surface area contributed by atoms with Gasteiger partial charge in [0, 0.05) is 45.1 Å². The summed E-state index contributed by atoms with van der Waals surface area (Å²) in [5.41, 5.74) is -1.53. The maximum Gasteiger partial charge on any atom is 0.332 e. The molecule has 7 atom stereocenters. The summed E-state index contributed by atoms with van der Waals surface area (Å²) in [4.78, 5) is 28.6. The summed E-state index contributed by atoms with van der Waals surface area (Å²) < 4.78 is 37.2. The fourth-order valence-electron chi connectivity index (χ4n) is 6.28. The van der Waals surface area contributed by atoms with Crippen molar-refractivity contribution in [2.75, 3.05) is 52.2 Å². The van der Waals surface area contributed by atoms with E-state index in [0.717, 1.165) is 45.0 Å². The molecule has 1 aromatic heterocycles. The van der Waals surface area contributed by atoms with Gasteiger partial charge in [0.1, 0.15) is 18.3 Å². The molecule has 49 heavy (non-hydrogen) atoms. The molecule has 3 heterocycles. The largest absolute Gasteiger partial charge is 0.389 e. The SMILES string of the molecule is CCCOCCCCCCCCCCCCCCCCOP(=O)(CCN1C[C@@H](O)[C@H](O)C1)OC[C@H]1O[C@@H](n2c(=O)cc[nH]c2=O)[C@H](O)[C@@H]1O. The van der Waals surface area contributed by atoms with E-state index in [9.17, 15) is 34.6 Å². The molecule has 3 rings (SSSR count). The molecule has 2 saturated heterocycles. The standard InChI is InChI=1S/C34H62N3O11P/c1-2-20-45-21-15-13-11-9-7-5-3-4-6-8-10-12-14-16-22-46-49(44,23-19-36-24-27(38)28(39)25-36)47-26-29-31(41)32(42)33(48-29)37-30(40)17-18-35-34(37)43/h17-18,27-29,31-33,38-39,41-42H,2-16,19-26H2,1H3,(H,35,43)/t27-,28-,29-,31-,32-,33-,49?/m1/s1. The van der Waals surface area contributed by atoms with Gasteiger partial charge in [-0.15, -0.1) is 0 Å². The Kier molecular flexibility index (Phi) is 19.9. The van der Waals surface area contributed by atoms with E-state index in [2.05, 4.69) is 11.9 Å². The lowest BCUT2D eigenvalue weighted by molar-refractivity contribution is -0.0546. The maximum atomic E-state index is 13.8. The van der Waals surface area contributed by atoms with Gasteiger partial charge in [0.25, 0.3) is 5.56 Å². The minimum Gasteiger partial charge on any atom is -0.389 e. The maximum absolute atomic E-state index is 13.8. The van der Waals surface area contributed by atoms with Gasteiger partial charge in [0.2, 0.25) is 0 Å². The second kappa shape index (κ2) is 23.2. The van der Waals surface area contributed by atoms with Gasteiger partial charge in [-0.2, -0.15) is 0 Å². The summed E-state index contributed by atoms with van der Waals surface area (Å²) in [6, 6.07) is 1.10. The first-order valence-corrected chi connectivity index (χ1v) is 20.2. The van der Waals surface area contributed by atoms with Crippen LogP contribution in [0.5, 0.6) is 0 Å². The van der Waals surface area contributed by atoms with Gasteiger partial charge >= 0.3 is 13.3 Å². The molecule has 14 nitrogen and oxygen atoms in total. The van der Waals surface area contributed by atoms with E-state index in [4.69, 9.17) is 18.5 Å². The molecule has 1 unspecified atom stereocenters. The van der Waals surface area contributed by atoms with Crippen molar-refractivity contribution in [3.63, 3.8) is 0 Å². The number of unbranched alkanes of at least 4 members (excludes halogenated alkanes) is 13. The van der Waals surface area contributed by atoms with Gasteiger partial charge in [-0.3, -0.25) is 14.3 Å². The average molecular weight is 720 g/mol. The van der Waals surface area contributed by atoms with E-state index in [1.54, 1.807) is 4.90 Å². The Bertz CT molecular complexity index is 1160. The average Bonchev–Trinajstić information content (AvgIpc) is 3.55. The van der Waals surface area contributed by atoms with Crippen LogP contribution in [0.4, 0.5) is 0 Å². The molecule has 0 aliphatic carbocycles. The summed E-state index contributed by atoms with van der Waals surface area (Å²) >= 11 is 0. The van der Waals surface area contributed by atoms with Crippen LogP contribution in [0.1, 0.15) is 109 Å². The summed E-state index contributed by atoms with van der Waals surface area (Å²) in [5.74, 6) is 0. The topological polar surface area (TPSA) is 193 Å². The van der Waals surface area contributed by atoms with Crippen LogP contribution in [0, 0.1) is 0 Å². The van der Waals surface area contributed by atoms with Gasteiger partial charge in [0.05, 0.1) is 31.6 Å². The van der Waals surface area contributed by atoms with Gasteiger partial charge in [-0.1, -0.05) is 84.0 Å². The number of H-pyrrole nitrogens is 1. The van der Waals surface area contributed by atoms with Crippen LogP contribution >= 0.6 is 7.60 Å². The molecular weight excluding hydrogens is 657 g/mol. The highest BCUT2D eigenvalue weighted by molar-refractivity contribution is 7.53. The van der Waals surface area contributed by atoms with Crippen LogP contribution in [0.25, 0.3) is 0 Å². The molecular formula is C34H62N3O11P. The molecule has 0 spiro atoms. The lowest BCUT2D eigenvalue weighted by Crippen LogP contribution is -2.42. The molecule has 1 aromatic rings. The second-order valence-corrected chi connectivity index (χ2v) is 15.6. The third kappa shape index (κ3) is 15.0. The predicted molar refractivity (Wildman–Crippen MR) is 186 cm³/mol. The van der Waals surface area contributed by atoms with E-state index >= 15 is 0 Å². The summed E-state index contributed by atoms with van der Waals surface area (Å²) in [7, 11) is -3.73. The van der Waals surface area contributed by atoms with Crippen molar-refractivity contribution in [1.29, 1.82) is 0 Å². The molecule has 2 fully saturated rings. The zero-order valence-corrected chi connectivity index (χ0v) is 30.3. The molecule has 0 radical (unpaired) electrons. The van der Waals surface area contributed by atoms with E-state index in [-0.39, 0.29) is 32.4 Å². The number of aromatic amines is 1. The van der Waals surface area contributed by atoms with Crippen LogP contribution in [0.3, 0.4) is 0 Å². The number of likely N-dealkylation sites (tertiary alicyclic amines) is 1.